The second kappa shape index (κ2) is 9.11. The monoisotopic (exact) mass is 345 g/mol. The van der Waals surface area contributed by atoms with Gasteiger partial charge in [0.15, 0.2) is 0 Å². The molecular weight excluding hydrogens is 318 g/mol. The molecule has 1 heterocycles. The number of piperidine rings is 1. The minimum absolute atomic E-state index is 0.0688. The minimum Gasteiger partial charge on any atom is -0.490 e. The number of ether oxygens (including phenoxy) is 1. The van der Waals surface area contributed by atoms with E-state index in [1.807, 2.05) is 31.2 Å². The molecule has 0 spiro atoms. The fourth-order valence-electron chi connectivity index (χ4n) is 2.68. The Morgan fingerprint density at radius 3 is 2.68 bits per heavy atom. The lowest BCUT2D eigenvalue weighted by atomic mass is 10.1. The topological polar surface area (TPSA) is 84.7 Å². The third-order valence-electron chi connectivity index (χ3n) is 4.39. The number of primary amides is 1. The van der Waals surface area contributed by atoms with Crippen molar-refractivity contribution in [3.63, 3.8) is 0 Å². The second-order valence-electron chi connectivity index (χ2n) is 6.32. The van der Waals surface area contributed by atoms with Gasteiger partial charge in [-0.1, -0.05) is 25.1 Å². The fourth-order valence-corrected chi connectivity index (χ4v) is 2.68. The quantitative estimate of drug-likeness (QED) is 0.777. The number of para-hydroxylation sites is 1. The zero-order valence-electron chi connectivity index (χ0n) is 14.9. The van der Waals surface area contributed by atoms with Crippen LogP contribution in [0.25, 0.3) is 6.08 Å². The van der Waals surface area contributed by atoms with Gasteiger partial charge in [0.2, 0.25) is 5.91 Å². The van der Waals surface area contributed by atoms with E-state index in [1.165, 1.54) is 6.08 Å². The van der Waals surface area contributed by atoms with Crippen molar-refractivity contribution in [1.29, 1.82) is 0 Å². The summed E-state index contributed by atoms with van der Waals surface area (Å²) in [6.07, 6.45) is 5.78. The highest BCUT2D eigenvalue weighted by atomic mass is 16.5. The molecule has 1 aromatic carbocycles. The van der Waals surface area contributed by atoms with E-state index in [2.05, 4.69) is 12.2 Å². The molecule has 1 aromatic rings. The normalized spacial score (nSPS) is 16.6. The number of benzene rings is 1. The van der Waals surface area contributed by atoms with E-state index in [1.54, 1.807) is 11.0 Å². The zero-order valence-corrected chi connectivity index (χ0v) is 14.9. The van der Waals surface area contributed by atoms with Crippen molar-refractivity contribution in [2.45, 2.75) is 45.3 Å². The van der Waals surface area contributed by atoms with Crippen LogP contribution in [0, 0.1) is 0 Å². The molecule has 6 heteroatoms. The highest BCUT2D eigenvalue weighted by Gasteiger charge is 2.21. The van der Waals surface area contributed by atoms with E-state index in [0.29, 0.717) is 13.1 Å². The third kappa shape index (κ3) is 5.81. The Kier molecular flexibility index (Phi) is 6.86. The Labute approximate surface area is 149 Å². The first-order valence-corrected chi connectivity index (χ1v) is 8.78. The van der Waals surface area contributed by atoms with Crippen molar-refractivity contribution >= 4 is 18.0 Å². The van der Waals surface area contributed by atoms with Crippen molar-refractivity contribution < 1.29 is 14.3 Å². The number of carbonyl (C=O) groups excluding carboxylic acids is 2. The summed E-state index contributed by atoms with van der Waals surface area (Å²) in [5.74, 6) is 0.631. The average Bonchev–Trinajstić information content (AvgIpc) is 2.61. The summed E-state index contributed by atoms with van der Waals surface area (Å²) in [7, 11) is 0. The van der Waals surface area contributed by atoms with Gasteiger partial charge in [-0.2, -0.15) is 0 Å². The van der Waals surface area contributed by atoms with Crippen molar-refractivity contribution in [1.82, 2.24) is 10.2 Å². The molecule has 1 aliphatic rings. The Balaban J connectivity index is 1.89. The van der Waals surface area contributed by atoms with Gasteiger partial charge in [0.1, 0.15) is 5.75 Å². The molecule has 3 amide bonds. The third-order valence-corrected chi connectivity index (χ3v) is 4.39. The van der Waals surface area contributed by atoms with Crippen LogP contribution >= 0.6 is 0 Å². The Morgan fingerprint density at radius 2 is 2.04 bits per heavy atom. The Bertz CT molecular complexity index is 622. The molecule has 0 unspecified atom stereocenters. The maximum atomic E-state index is 12.1. The molecule has 3 N–H and O–H groups in total. The van der Waals surface area contributed by atoms with Crippen LogP contribution in [-0.2, 0) is 4.79 Å². The number of urea groups is 1. The molecule has 1 aliphatic heterocycles. The number of hydrogen-bond donors (Lipinski definition) is 2. The SMILES string of the molecule is CC[C@@H](C)Oc1ccccc1/C=C\C(=O)NC1CCN(C(N)=O)CC1. The first-order valence-electron chi connectivity index (χ1n) is 8.78. The zero-order chi connectivity index (χ0) is 18.2. The van der Waals surface area contributed by atoms with Gasteiger partial charge in [0, 0.05) is 30.8 Å². The molecule has 2 rings (SSSR count). The van der Waals surface area contributed by atoms with E-state index in [0.717, 1.165) is 30.6 Å². The number of nitrogens with two attached hydrogens (primary N) is 1. The standard InChI is InChI=1S/C19H27N3O3/c1-3-14(2)25-17-7-5-4-6-15(17)8-9-18(23)21-16-10-12-22(13-11-16)19(20)24/h4-9,14,16H,3,10-13H2,1-2H3,(H2,20,24)(H,21,23)/b9-8-/t14-/m1/s1. The summed E-state index contributed by atoms with van der Waals surface area (Å²) in [4.78, 5) is 24.9. The first-order chi connectivity index (χ1) is 12.0. The molecule has 136 valence electrons. The van der Waals surface area contributed by atoms with Gasteiger partial charge in [0.05, 0.1) is 6.10 Å². The predicted molar refractivity (Wildman–Crippen MR) is 98.2 cm³/mol. The van der Waals surface area contributed by atoms with E-state index in [4.69, 9.17) is 10.5 Å². The van der Waals surface area contributed by atoms with Gasteiger partial charge in [-0.15, -0.1) is 0 Å². The van der Waals surface area contributed by atoms with Crippen LogP contribution in [-0.4, -0.2) is 42.1 Å². The van der Waals surface area contributed by atoms with Crippen LogP contribution < -0.4 is 15.8 Å². The molecule has 0 bridgehead atoms. The van der Waals surface area contributed by atoms with E-state index < -0.39 is 6.03 Å². The van der Waals surface area contributed by atoms with Crippen molar-refractivity contribution in [2.24, 2.45) is 5.73 Å². The number of nitrogens with one attached hydrogen (secondary N) is 1. The number of carbonyl (C=O) groups is 2. The molecule has 6 nitrogen and oxygen atoms in total. The molecular formula is C19H27N3O3. The van der Waals surface area contributed by atoms with Crippen molar-refractivity contribution in [2.75, 3.05) is 13.1 Å². The van der Waals surface area contributed by atoms with Crippen LogP contribution in [0.1, 0.15) is 38.7 Å². The Morgan fingerprint density at radius 1 is 1.36 bits per heavy atom. The molecule has 0 aromatic heterocycles. The maximum absolute atomic E-state index is 12.1. The fraction of sp³-hybridized carbons (Fsp3) is 0.474. The first kappa shape index (κ1) is 18.8. The lowest BCUT2D eigenvalue weighted by Gasteiger charge is -2.30. The van der Waals surface area contributed by atoms with Gasteiger partial charge in [-0.05, 0) is 38.3 Å². The summed E-state index contributed by atoms with van der Waals surface area (Å²) in [5, 5.41) is 2.97. The van der Waals surface area contributed by atoms with Gasteiger partial charge in [0.25, 0.3) is 0 Å². The van der Waals surface area contributed by atoms with Crippen LogP contribution in [0.3, 0.4) is 0 Å². The number of rotatable bonds is 6. The lowest BCUT2D eigenvalue weighted by Crippen LogP contribution is -2.47. The molecule has 25 heavy (non-hydrogen) atoms. The van der Waals surface area contributed by atoms with Crippen molar-refractivity contribution in [3.05, 3.63) is 35.9 Å². The summed E-state index contributed by atoms with van der Waals surface area (Å²) in [6, 6.07) is 7.33. The molecule has 1 saturated heterocycles. The summed E-state index contributed by atoms with van der Waals surface area (Å²) in [6.45, 7) is 5.25. The van der Waals surface area contributed by atoms with Gasteiger partial charge in [-0.25, -0.2) is 4.79 Å². The van der Waals surface area contributed by atoms with E-state index >= 15 is 0 Å². The predicted octanol–water partition coefficient (Wildman–Crippen LogP) is 2.54. The maximum Gasteiger partial charge on any atom is 0.314 e. The summed E-state index contributed by atoms with van der Waals surface area (Å²) in [5.41, 5.74) is 6.14. The largest absolute Gasteiger partial charge is 0.490 e. The Hall–Kier alpha value is -2.50. The highest BCUT2D eigenvalue weighted by molar-refractivity contribution is 5.92. The number of hydrogen-bond acceptors (Lipinski definition) is 3. The molecule has 0 saturated carbocycles. The number of nitrogens with zero attached hydrogens (tertiary/aromatic N) is 1. The van der Waals surface area contributed by atoms with Crippen molar-refractivity contribution in [3.8, 4) is 5.75 Å². The molecule has 1 fully saturated rings. The van der Waals surface area contributed by atoms with E-state index in [-0.39, 0.29) is 18.1 Å². The second-order valence-corrected chi connectivity index (χ2v) is 6.32. The van der Waals surface area contributed by atoms with Crippen LogP contribution in [0.5, 0.6) is 5.75 Å². The summed E-state index contributed by atoms with van der Waals surface area (Å²) >= 11 is 0. The molecule has 1 atom stereocenters. The van der Waals surface area contributed by atoms with Crippen LogP contribution in [0.15, 0.2) is 30.3 Å². The average molecular weight is 345 g/mol. The van der Waals surface area contributed by atoms with Gasteiger partial charge >= 0.3 is 6.03 Å². The minimum atomic E-state index is -0.400. The highest BCUT2D eigenvalue weighted by Crippen LogP contribution is 2.21. The number of likely N-dealkylation sites (tertiary alicyclic amines) is 1. The molecule has 0 radical (unpaired) electrons. The lowest BCUT2D eigenvalue weighted by molar-refractivity contribution is -0.117. The van der Waals surface area contributed by atoms with Crippen LogP contribution in [0.2, 0.25) is 0 Å². The summed E-state index contributed by atoms with van der Waals surface area (Å²) < 4.78 is 5.88. The van der Waals surface area contributed by atoms with E-state index in [9.17, 15) is 9.59 Å². The van der Waals surface area contributed by atoms with Gasteiger partial charge < -0.3 is 20.7 Å². The van der Waals surface area contributed by atoms with Gasteiger partial charge in [-0.3, -0.25) is 4.79 Å². The number of amides is 3. The van der Waals surface area contributed by atoms with Crippen LogP contribution in [0.4, 0.5) is 4.79 Å². The smallest absolute Gasteiger partial charge is 0.314 e. The molecule has 0 aliphatic carbocycles.